The second-order valence-corrected chi connectivity index (χ2v) is 7.06. The number of hydrogen-bond acceptors (Lipinski definition) is 3. The molecule has 1 N–H and O–H groups in total. The summed E-state index contributed by atoms with van der Waals surface area (Å²) >= 11 is 0. The van der Waals surface area contributed by atoms with Gasteiger partial charge in [-0.15, -0.1) is 0 Å². The smallest absolute Gasteiger partial charge is 0.325 e. The average molecular weight is 384 g/mol. The van der Waals surface area contributed by atoms with Gasteiger partial charge in [0.2, 0.25) is 0 Å². The molecule has 3 amide bonds. The highest BCUT2D eigenvalue weighted by Gasteiger charge is 2.51. The molecule has 1 fully saturated rings. The molecule has 28 heavy (non-hydrogen) atoms. The van der Waals surface area contributed by atoms with E-state index in [4.69, 9.17) is 4.74 Å². The van der Waals surface area contributed by atoms with Gasteiger partial charge in [0.25, 0.3) is 5.91 Å². The van der Waals surface area contributed by atoms with Gasteiger partial charge < -0.3 is 10.1 Å². The van der Waals surface area contributed by atoms with E-state index in [0.717, 1.165) is 18.4 Å². The van der Waals surface area contributed by atoms with Crippen molar-refractivity contribution < 1.29 is 18.7 Å². The molecule has 2 aromatic carbocycles. The Bertz CT molecular complexity index is 836. The summed E-state index contributed by atoms with van der Waals surface area (Å²) in [4.78, 5) is 27.0. The number of nitrogens with zero attached hydrogens (tertiary/aromatic N) is 1. The largest absolute Gasteiger partial charge is 0.492 e. The first-order chi connectivity index (χ1) is 13.5. The third-order valence-electron chi connectivity index (χ3n) is 5.02. The van der Waals surface area contributed by atoms with Gasteiger partial charge in [-0.05, 0) is 43.2 Å². The lowest BCUT2D eigenvalue weighted by Gasteiger charge is -2.27. The van der Waals surface area contributed by atoms with Crippen LogP contribution in [-0.2, 0) is 10.3 Å². The van der Waals surface area contributed by atoms with Gasteiger partial charge in [-0.2, -0.15) is 0 Å². The molecule has 3 rings (SSSR count). The number of hydrogen-bond donors (Lipinski definition) is 1. The van der Waals surface area contributed by atoms with E-state index < -0.39 is 11.6 Å². The van der Waals surface area contributed by atoms with E-state index in [-0.39, 0.29) is 24.9 Å². The fraction of sp³-hybridized carbons (Fsp3) is 0.364. The van der Waals surface area contributed by atoms with Crippen LogP contribution in [0.1, 0.15) is 37.3 Å². The van der Waals surface area contributed by atoms with Crippen LogP contribution in [0.2, 0.25) is 0 Å². The first kappa shape index (κ1) is 19.9. The van der Waals surface area contributed by atoms with Crippen LogP contribution in [0.4, 0.5) is 9.18 Å². The number of urea groups is 1. The van der Waals surface area contributed by atoms with Crippen LogP contribution in [-0.4, -0.2) is 30.0 Å². The Morgan fingerprint density at radius 1 is 1.07 bits per heavy atom. The van der Waals surface area contributed by atoms with E-state index in [2.05, 4.69) is 5.32 Å². The van der Waals surface area contributed by atoms with Crippen molar-refractivity contribution in [3.8, 4) is 5.75 Å². The maximum Gasteiger partial charge on any atom is 0.325 e. The number of rotatable bonds is 8. The molecule has 0 aliphatic carbocycles. The van der Waals surface area contributed by atoms with Gasteiger partial charge in [-0.25, -0.2) is 9.18 Å². The van der Waals surface area contributed by atoms with Crippen molar-refractivity contribution >= 4 is 11.9 Å². The summed E-state index contributed by atoms with van der Waals surface area (Å²) in [6, 6.07) is 12.9. The molecule has 0 radical (unpaired) electrons. The fourth-order valence-corrected chi connectivity index (χ4v) is 3.40. The van der Waals surface area contributed by atoms with Gasteiger partial charge in [0, 0.05) is 0 Å². The molecule has 1 heterocycles. The number of aryl methyl sites for hydroxylation is 1. The van der Waals surface area contributed by atoms with Crippen LogP contribution >= 0.6 is 0 Å². The zero-order chi connectivity index (χ0) is 20.1. The fourth-order valence-electron chi connectivity index (χ4n) is 3.40. The van der Waals surface area contributed by atoms with Crippen molar-refractivity contribution in [2.75, 3.05) is 13.2 Å². The van der Waals surface area contributed by atoms with Gasteiger partial charge in [-0.1, -0.05) is 49.6 Å². The minimum absolute atomic E-state index is 0.146. The van der Waals surface area contributed by atoms with Crippen molar-refractivity contribution in [1.82, 2.24) is 10.2 Å². The van der Waals surface area contributed by atoms with Gasteiger partial charge in [-0.3, -0.25) is 9.69 Å². The topological polar surface area (TPSA) is 58.6 Å². The van der Waals surface area contributed by atoms with Gasteiger partial charge in [0.15, 0.2) is 0 Å². The SMILES string of the molecule is CCCC[C@]1(c2ccc(F)cc2)NC(=O)N(CCOc2ccc(C)cc2)C1=O. The van der Waals surface area contributed by atoms with E-state index in [9.17, 15) is 14.0 Å². The van der Waals surface area contributed by atoms with Crippen LogP contribution in [0, 0.1) is 12.7 Å². The van der Waals surface area contributed by atoms with Crippen LogP contribution in [0.15, 0.2) is 48.5 Å². The monoisotopic (exact) mass is 384 g/mol. The van der Waals surface area contributed by atoms with Crippen LogP contribution in [0.25, 0.3) is 0 Å². The molecular weight excluding hydrogens is 359 g/mol. The molecule has 0 aromatic heterocycles. The lowest BCUT2D eigenvalue weighted by Crippen LogP contribution is -2.44. The third kappa shape index (κ3) is 4.01. The summed E-state index contributed by atoms with van der Waals surface area (Å²) < 4.78 is 19.0. The lowest BCUT2D eigenvalue weighted by molar-refractivity contribution is -0.132. The maximum absolute atomic E-state index is 13.4. The van der Waals surface area contributed by atoms with Gasteiger partial charge in [0.1, 0.15) is 23.7 Å². The van der Waals surface area contributed by atoms with Crippen molar-refractivity contribution in [3.63, 3.8) is 0 Å². The normalized spacial score (nSPS) is 19.0. The van der Waals surface area contributed by atoms with Crippen molar-refractivity contribution in [3.05, 3.63) is 65.5 Å². The lowest BCUT2D eigenvalue weighted by atomic mass is 9.85. The van der Waals surface area contributed by atoms with Crippen LogP contribution in [0.3, 0.4) is 0 Å². The molecule has 1 atom stereocenters. The number of amides is 3. The quantitative estimate of drug-likeness (QED) is 0.696. The highest BCUT2D eigenvalue weighted by atomic mass is 19.1. The summed E-state index contributed by atoms with van der Waals surface area (Å²) in [5, 5.41) is 2.85. The molecule has 0 unspecified atom stereocenters. The van der Waals surface area contributed by atoms with Gasteiger partial charge in [0.05, 0.1) is 6.54 Å². The Morgan fingerprint density at radius 2 is 1.75 bits per heavy atom. The number of nitrogens with one attached hydrogen (secondary N) is 1. The number of unbranched alkanes of at least 4 members (excludes halogenated alkanes) is 1. The zero-order valence-electron chi connectivity index (χ0n) is 16.2. The molecule has 0 saturated carbocycles. The first-order valence-electron chi connectivity index (χ1n) is 9.56. The number of imide groups is 1. The van der Waals surface area contributed by atoms with E-state index in [1.165, 1.54) is 17.0 Å². The third-order valence-corrected chi connectivity index (χ3v) is 5.02. The summed E-state index contributed by atoms with van der Waals surface area (Å²) in [7, 11) is 0. The molecule has 148 valence electrons. The molecule has 2 aromatic rings. The van der Waals surface area contributed by atoms with E-state index >= 15 is 0 Å². The molecule has 1 aliphatic heterocycles. The number of ether oxygens (including phenoxy) is 1. The Labute approximate surface area is 164 Å². The predicted molar refractivity (Wildman–Crippen MR) is 105 cm³/mol. The Balaban J connectivity index is 1.74. The average Bonchev–Trinajstić information content (AvgIpc) is 2.93. The van der Waals surface area contributed by atoms with E-state index in [0.29, 0.717) is 17.7 Å². The Kier molecular flexibility index (Phi) is 5.97. The number of halogens is 1. The highest BCUT2D eigenvalue weighted by molar-refractivity contribution is 6.07. The van der Waals surface area contributed by atoms with E-state index in [1.807, 2.05) is 38.1 Å². The van der Waals surface area contributed by atoms with Crippen molar-refractivity contribution in [2.24, 2.45) is 0 Å². The molecular formula is C22H25FN2O3. The Morgan fingerprint density at radius 3 is 2.39 bits per heavy atom. The minimum atomic E-state index is -1.15. The molecule has 5 nitrogen and oxygen atoms in total. The second-order valence-electron chi connectivity index (χ2n) is 7.06. The molecule has 0 bridgehead atoms. The Hall–Kier alpha value is -2.89. The molecule has 0 spiro atoms. The van der Waals surface area contributed by atoms with Crippen LogP contribution in [0.5, 0.6) is 5.75 Å². The second kappa shape index (κ2) is 8.42. The standard InChI is InChI=1S/C22H25FN2O3/c1-3-4-13-22(17-7-9-18(23)10-8-17)20(26)25(21(27)24-22)14-15-28-19-11-5-16(2)6-12-19/h5-12H,3-4,13-15H2,1-2H3,(H,24,27)/t22-/m1/s1. The highest BCUT2D eigenvalue weighted by Crippen LogP contribution is 2.34. The molecule has 6 heteroatoms. The van der Waals surface area contributed by atoms with Crippen molar-refractivity contribution in [2.45, 2.75) is 38.6 Å². The predicted octanol–water partition coefficient (Wildman–Crippen LogP) is 4.15. The summed E-state index contributed by atoms with van der Waals surface area (Å²) in [5.41, 5.74) is 0.578. The summed E-state index contributed by atoms with van der Waals surface area (Å²) in [6.07, 6.45) is 2.11. The van der Waals surface area contributed by atoms with E-state index in [1.54, 1.807) is 12.1 Å². The number of carbonyl (C=O) groups is 2. The minimum Gasteiger partial charge on any atom is -0.492 e. The zero-order valence-corrected chi connectivity index (χ0v) is 16.2. The molecule has 1 aliphatic rings. The summed E-state index contributed by atoms with van der Waals surface area (Å²) in [6.45, 7) is 4.36. The number of benzene rings is 2. The first-order valence-corrected chi connectivity index (χ1v) is 9.56. The summed E-state index contributed by atoms with van der Waals surface area (Å²) in [5.74, 6) is -0.00647. The maximum atomic E-state index is 13.4. The van der Waals surface area contributed by atoms with Crippen molar-refractivity contribution in [1.29, 1.82) is 0 Å². The van der Waals surface area contributed by atoms with Crippen LogP contribution < -0.4 is 10.1 Å². The van der Waals surface area contributed by atoms with Gasteiger partial charge >= 0.3 is 6.03 Å². The molecule has 1 saturated heterocycles. The number of carbonyl (C=O) groups excluding carboxylic acids is 2.